The minimum absolute atomic E-state index is 0.236. The van der Waals surface area contributed by atoms with E-state index < -0.39 is 0 Å². The van der Waals surface area contributed by atoms with Crippen LogP contribution in [0.15, 0.2) is 158 Å². The largest absolute Gasteiger partial charge is 0.254 e. The number of aryl methyl sites for hydroxylation is 2. The van der Waals surface area contributed by atoms with Crippen molar-refractivity contribution in [2.75, 3.05) is 0 Å². The van der Waals surface area contributed by atoms with E-state index in [4.69, 9.17) is 9.97 Å². The maximum atomic E-state index is 10.1. The first-order valence-corrected chi connectivity index (χ1v) is 19.5. The topological polar surface area (TPSA) is 49.6 Å². The van der Waals surface area contributed by atoms with E-state index in [2.05, 4.69) is 141 Å². The normalized spacial score (nSPS) is 13.4. The number of aromatic nitrogens is 2. The lowest BCUT2D eigenvalue weighted by atomic mass is 9.75. The lowest BCUT2D eigenvalue weighted by Crippen LogP contribution is -2.13. The molecule has 3 aromatic heterocycles. The number of hydrogen-bond donors (Lipinski definition) is 0. The first-order chi connectivity index (χ1) is 27.0. The van der Waals surface area contributed by atoms with E-state index in [1.54, 1.807) is 11.3 Å². The molecule has 0 saturated heterocycles. The summed E-state index contributed by atoms with van der Waals surface area (Å²) in [4.78, 5) is 10.4. The standard InChI is InChI=1S/C51H35N3S/c1-31-12-14-36-26-43(41-20-13-32(2)25-44(41)42(36)24-31)37-19-21-48-45(27-37)50-49(55-48)22-23-53-51(50)47-29-39(28-46(54-47)40-11-7-6-10-38(40)30-52)35-17-15-34(16-18-35)33-8-4-3-5-9-33/h3-25,27-29,43H,26H2,1-2H3. The molecule has 1 aliphatic rings. The van der Waals surface area contributed by atoms with Crippen molar-refractivity contribution in [1.29, 1.82) is 5.26 Å². The van der Waals surface area contributed by atoms with E-state index in [9.17, 15) is 5.26 Å². The molecule has 0 radical (unpaired) electrons. The van der Waals surface area contributed by atoms with Crippen molar-refractivity contribution in [2.45, 2.75) is 26.2 Å². The summed E-state index contributed by atoms with van der Waals surface area (Å²) in [5.74, 6) is 0.236. The number of hydrogen-bond acceptors (Lipinski definition) is 4. The van der Waals surface area contributed by atoms with Crippen molar-refractivity contribution < 1.29 is 0 Å². The third-order valence-corrected chi connectivity index (χ3v) is 12.2. The monoisotopic (exact) mass is 721 g/mol. The Morgan fingerprint density at radius 3 is 2.13 bits per heavy atom. The molecule has 0 saturated carbocycles. The fourth-order valence-corrected chi connectivity index (χ4v) is 9.43. The van der Waals surface area contributed by atoms with Crippen LogP contribution in [-0.4, -0.2) is 9.97 Å². The molecule has 260 valence electrons. The van der Waals surface area contributed by atoms with Gasteiger partial charge in [-0.05, 0) is 107 Å². The second-order valence-electron chi connectivity index (χ2n) is 14.6. The molecule has 1 unspecified atom stereocenters. The fourth-order valence-electron chi connectivity index (χ4n) is 8.35. The minimum Gasteiger partial charge on any atom is -0.254 e. The first kappa shape index (κ1) is 32.9. The van der Waals surface area contributed by atoms with Crippen LogP contribution in [0, 0.1) is 25.2 Å². The van der Waals surface area contributed by atoms with Gasteiger partial charge in [0.2, 0.25) is 0 Å². The van der Waals surface area contributed by atoms with Crippen molar-refractivity contribution in [3.8, 4) is 62.1 Å². The van der Waals surface area contributed by atoms with Crippen LogP contribution in [0.3, 0.4) is 0 Å². The highest BCUT2D eigenvalue weighted by atomic mass is 32.1. The van der Waals surface area contributed by atoms with E-state index in [1.165, 1.54) is 59.3 Å². The van der Waals surface area contributed by atoms with Crippen LogP contribution in [0.5, 0.6) is 0 Å². The molecular weight excluding hydrogens is 687 g/mol. The third kappa shape index (κ3) is 5.81. The van der Waals surface area contributed by atoms with Gasteiger partial charge in [-0.1, -0.05) is 126 Å². The lowest BCUT2D eigenvalue weighted by molar-refractivity contribution is 0.794. The third-order valence-electron chi connectivity index (χ3n) is 11.1. The highest BCUT2D eigenvalue weighted by Crippen LogP contribution is 2.46. The number of nitrogens with zero attached hydrogens (tertiary/aromatic N) is 3. The molecule has 1 aliphatic carbocycles. The number of fused-ring (bicyclic) bond motifs is 6. The first-order valence-electron chi connectivity index (χ1n) is 18.7. The van der Waals surface area contributed by atoms with E-state index in [0.29, 0.717) is 5.56 Å². The summed E-state index contributed by atoms with van der Waals surface area (Å²) >= 11 is 1.80. The Morgan fingerprint density at radius 1 is 0.600 bits per heavy atom. The maximum absolute atomic E-state index is 10.1. The molecule has 0 bridgehead atoms. The molecule has 0 aliphatic heterocycles. The molecule has 0 fully saturated rings. The molecule has 0 spiro atoms. The van der Waals surface area contributed by atoms with Crippen LogP contribution < -0.4 is 0 Å². The van der Waals surface area contributed by atoms with Crippen LogP contribution in [0.4, 0.5) is 0 Å². The summed E-state index contributed by atoms with van der Waals surface area (Å²) in [6.07, 6.45) is 2.86. The van der Waals surface area contributed by atoms with Gasteiger partial charge in [0, 0.05) is 37.9 Å². The zero-order chi connectivity index (χ0) is 37.0. The number of thiophene rings is 1. The Morgan fingerprint density at radius 2 is 1.31 bits per heavy atom. The second-order valence-corrected chi connectivity index (χ2v) is 15.7. The summed E-state index contributed by atoms with van der Waals surface area (Å²) < 4.78 is 2.41. The smallest absolute Gasteiger partial charge is 0.0998 e. The molecule has 9 aromatic rings. The summed E-state index contributed by atoms with van der Waals surface area (Å²) in [5.41, 5.74) is 17.6. The Hall–Kier alpha value is -6.67. The quantitative estimate of drug-likeness (QED) is 0.178. The Labute approximate surface area is 324 Å². The van der Waals surface area contributed by atoms with Crippen molar-refractivity contribution in [2.24, 2.45) is 0 Å². The van der Waals surface area contributed by atoms with Crippen LogP contribution in [0.25, 0.3) is 76.2 Å². The van der Waals surface area contributed by atoms with Gasteiger partial charge >= 0.3 is 0 Å². The predicted octanol–water partition coefficient (Wildman–Crippen LogP) is 13.4. The van der Waals surface area contributed by atoms with Crippen LogP contribution in [0.2, 0.25) is 0 Å². The zero-order valence-electron chi connectivity index (χ0n) is 30.5. The van der Waals surface area contributed by atoms with E-state index in [-0.39, 0.29) is 5.92 Å². The Bertz CT molecular complexity index is 2990. The highest BCUT2D eigenvalue weighted by molar-refractivity contribution is 7.25. The fraction of sp³-hybridized carbons (Fsp3) is 0.0784. The molecule has 4 heteroatoms. The molecule has 6 aromatic carbocycles. The summed E-state index contributed by atoms with van der Waals surface area (Å²) in [6, 6.07) is 56.5. The SMILES string of the molecule is Cc1ccc2c(c1)-c1cc(C)ccc1C(c1ccc3sc4ccnc(-c5cc(-c6ccc(-c7ccccc7)cc6)cc(-c6ccccc6C#N)n5)c4c3c1)C2. The Kier molecular flexibility index (Phi) is 7.98. The van der Waals surface area contributed by atoms with Gasteiger partial charge in [0.15, 0.2) is 0 Å². The average molecular weight is 722 g/mol. The molecule has 0 N–H and O–H groups in total. The van der Waals surface area contributed by atoms with Gasteiger partial charge in [-0.2, -0.15) is 5.26 Å². The van der Waals surface area contributed by atoms with Crippen molar-refractivity contribution in [3.63, 3.8) is 0 Å². The zero-order valence-corrected chi connectivity index (χ0v) is 31.4. The number of benzene rings is 6. The number of rotatable bonds is 5. The van der Waals surface area contributed by atoms with Gasteiger partial charge in [0.05, 0.1) is 28.7 Å². The number of nitriles is 1. The van der Waals surface area contributed by atoms with Crippen LogP contribution >= 0.6 is 11.3 Å². The van der Waals surface area contributed by atoms with Crippen molar-refractivity contribution in [3.05, 3.63) is 191 Å². The average Bonchev–Trinajstić information content (AvgIpc) is 3.62. The van der Waals surface area contributed by atoms with Gasteiger partial charge in [0.1, 0.15) is 0 Å². The van der Waals surface area contributed by atoms with Gasteiger partial charge in [-0.15, -0.1) is 11.3 Å². The van der Waals surface area contributed by atoms with Crippen molar-refractivity contribution in [1.82, 2.24) is 9.97 Å². The molecular formula is C51H35N3S. The molecule has 55 heavy (non-hydrogen) atoms. The second kappa shape index (κ2) is 13.3. The number of pyridine rings is 2. The van der Waals surface area contributed by atoms with E-state index in [1.807, 2.05) is 36.5 Å². The van der Waals surface area contributed by atoms with Gasteiger partial charge < -0.3 is 0 Å². The van der Waals surface area contributed by atoms with Crippen molar-refractivity contribution >= 4 is 31.5 Å². The molecule has 3 nitrogen and oxygen atoms in total. The summed E-state index contributed by atoms with van der Waals surface area (Å²) in [7, 11) is 0. The van der Waals surface area contributed by atoms with Crippen LogP contribution in [-0.2, 0) is 6.42 Å². The predicted molar refractivity (Wildman–Crippen MR) is 228 cm³/mol. The van der Waals surface area contributed by atoms with Gasteiger partial charge in [0.25, 0.3) is 0 Å². The molecule has 1 atom stereocenters. The maximum Gasteiger partial charge on any atom is 0.0998 e. The molecule has 10 rings (SSSR count). The van der Waals surface area contributed by atoms with E-state index >= 15 is 0 Å². The molecule has 3 heterocycles. The van der Waals surface area contributed by atoms with Crippen LogP contribution in [0.1, 0.15) is 39.3 Å². The van der Waals surface area contributed by atoms with Gasteiger partial charge in [-0.25, -0.2) is 4.98 Å². The summed E-state index contributed by atoms with van der Waals surface area (Å²) in [5, 5.41) is 12.4. The van der Waals surface area contributed by atoms with Gasteiger partial charge in [-0.3, -0.25) is 4.98 Å². The lowest BCUT2D eigenvalue weighted by Gasteiger charge is -2.29. The minimum atomic E-state index is 0.236. The molecule has 0 amide bonds. The highest BCUT2D eigenvalue weighted by Gasteiger charge is 2.27. The Balaban J connectivity index is 1.14. The van der Waals surface area contributed by atoms with E-state index in [0.717, 1.165) is 51.1 Å². The summed E-state index contributed by atoms with van der Waals surface area (Å²) in [6.45, 7) is 4.37.